The standard InChI is InChI=1S/C14H16ClNO/c1-14(2)6-11-13(12(17)7-14)9-5-8(15)3-4-10(9)16-11/h3-5,12,16-17H,6-7H2,1-2H3. The molecule has 1 heterocycles. The number of nitrogens with one attached hydrogen (secondary N) is 1. The summed E-state index contributed by atoms with van der Waals surface area (Å²) in [5.41, 5.74) is 3.42. The van der Waals surface area contributed by atoms with Gasteiger partial charge in [0.1, 0.15) is 0 Å². The van der Waals surface area contributed by atoms with Crippen LogP contribution in [-0.4, -0.2) is 10.1 Å². The third-order valence-corrected chi connectivity index (χ3v) is 3.85. The Morgan fingerprint density at radius 1 is 1.41 bits per heavy atom. The maximum Gasteiger partial charge on any atom is 0.0818 e. The molecule has 0 amide bonds. The molecule has 2 nitrogen and oxygen atoms in total. The molecule has 3 rings (SSSR count). The molecule has 2 N–H and O–H groups in total. The Balaban J connectivity index is 2.25. The summed E-state index contributed by atoms with van der Waals surface area (Å²) in [5.74, 6) is 0. The van der Waals surface area contributed by atoms with E-state index in [2.05, 4.69) is 18.8 Å². The number of fused-ring (bicyclic) bond motifs is 3. The molecule has 1 aromatic carbocycles. The van der Waals surface area contributed by atoms with Crippen molar-refractivity contribution in [3.05, 3.63) is 34.5 Å². The zero-order chi connectivity index (χ0) is 12.2. The van der Waals surface area contributed by atoms with Crippen LogP contribution in [0.5, 0.6) is 0 Å². The summed E-state index contributed by atoms with van der Waals surface area (Å²) in [6, 6.07) is 5.80. The molecule has 1 aromatic heterocycles. The fourth-order valence-electron chi connectivity index (χ4n) is 2.94. The van der Waals surface area contributed by atoms with Crippen LogP contribution in [0.3, 0.4) is 0 Å². The molecule has 1 unspecified atom stereocenters. The average Bonchev–Trinajstić information content (AvgIpc) is 2.52. The van der Waals surface area contributed by atoms with Crippen LogP contribution >= 0.6 is 11.6 Å². The lowest BCUT2D eigenvalue weighted by molar-refractivity contribution is 0.100. The van der Waals surface area contributed by atoms with Crippen molar-refractivity contribution in [2.75, 3.05) is 0 Å². The zero-order valence-electron chi connectivity index (χ0n) is 10.0. The number of hydrogen-bond donors (Lipinski definition) is 2. The number of aliphatic hydroxyl groups excluding tert-OH is 1. The molecule has 0 fully saturated rings. The second-order valence-corrected chi connectivity index (χ2v) is 6.20. The van der Waals surface area contributed by atoms with Gasteiger partial charge in [0, 0.05) is 27.2 Å². The Kier molecular flexibility index (Phi) is 2.29. The van der Waals surface area contributed by atoms with E-state index in [0.717, 1.165) is 40.0 Å². The minimum atomic E-state index is -0.388. The van der Waals surface area contributed by atoms with E-state index in [0.29, 0.717) is 0 Å². The quantitative estimate of drug-likeness (QED) is 0.732. The van der Waals surface area contributed by atoms with Gasteiger partial charge >= 0.3 is 0 Å². The predicted molar refractivity (Wildman–Crippen MR) is 70.4 cm³/mol. The third kappa shape index (κ3) is 1.76. The number of aliphatic hydroxyl groups is 1. The van der Waals surface area contributed by atoms with Crippen molar-refractivity contribution in [1.82, 2.24) is 4.98 Å². The van der Waals surface area contributed by atoms with Gasteiger partial charge in [0.25, 0.3) is 0 Å². The maximum atomic E-state index is 10.3. The van der Waals surface area contributed by atoms with E-state index < -0.39 is 0 Å². The molecule has 1 atom stereocenters. The van der Waals surface area contributed by atoms with Crippen LogP contribution in [0.4, 0.5) is 0 Å². The molecule has 0 aliphatic heterocycles. The van der Waals surface area contributed by atoms with Gasteiger partial charge in [-0.25, -0.2) is 0 Å². The number of halogens is 1. The largest absolute Gasteiger partial charge is 0.388 e. The number of H-pyrrole nitrogens is 1. The van der Waals surface area contributed by atoms with E-state index in [-0.39, 0.29) is 11.5 Å². The first kappa shape index (κ1) is 11.1. The monoisotopic (exact) mass is 249 g/mol. The number of aromatic nitrogens is 1. The highest BCUT2D eigenvalue weighted by Gasteiger charge is 2.33. The van der Waals surface area contributed by atoms with Gasteiger partial charge in [-0.1, -0.05) is 25.4 Å². The molecule has 2 aromatic rings. The normalized spacial score (nSPS) is 22.7. The highest BCUT2D eigenvalue weighted by Crippen LogP contribution is 2.43. The Bertz CT molecular complexity index is 585. The van der Waals surface area contributed by atoms with E-state index in [1.165, 1.54) is 0 Å². The van der Waals surface area contributed by atoms with E-state index in [4.69, 9.17) is 11.6 Å². The zero-order valence-corrected chi connectivity index (χ0v) is 10.8. The van der Waals surface area contributed by atoms with Crippen LogP contribution < -0.4 is 0 Å². The lowest BCUT2D eigenvalue weighted by atomic mass is 9.75. The van der Waals surface area contributed by atoms with Gasteiger partial charge in [-0.3, -0.25) is 0 Å². The van der Waals surface area contributed by atoms with Crippen LogP contribution in [0.25, 0.3) is 10.9 Å². The molecule has 0 saturated carbocycles. The predicted octanol–water partition coefficient (Wildman–Crippen LogP) is 3.83. The summed E-state index contributed by atoms with van der Waals surface area (Å²) < 4.78 is 0. The Hall–Kier alpha value is -0.990. The van der Waals surface area contributed by atoms with E-state index in [1.54, 1.807) is 0 Å². The topological polar surface area (TPSA) is 36.0 Å². The Morgan fingerprint density at radius 2 is 2.18 bits per heavy atom. The van der Waals surface area contributed by atoms with Crippen molar-refractivity contribution in [2.24, 2.45) is 5.41 Å². The lowest BCUT2D eigenvalue weighted by Gasteiger charge is -2.32. The highest BCUT2D eigenvalue weighted by atomic mass is 35.5. The first-order chi connectivity index (χ1) is 7.96. The van der Waals surface area contributed by atoms with Gasteiger partial charge in [0.05, 0.1) is 6.10 Å². The number of benzene rings is 1. The van der Waals surface area contributed by atoms with Crippen molar-refractivity contribution in [3.63, 3.8) is 0 Å². The molecule has 1 aliphatic rings. The molecule has 3 heteroatoms. The Morgan fingerprint density at radius 3 is 2.94 bits per heavy atom. The number of hydrogen-bond acceptors (Lipinski definition) is 1. The second kappa shape index (κ2) is 3.50. The first-order valence-corrected chi connectivity index (χ1v) is 6.32. The van der Waals surface area contributed by atoms with Crippen molar-refractivity contribution in [3.8, 4) is 0 Å². The maximum absolute atomic E-state index is 10.3. The molecule has 0 bridgehead atoms. The summed E-state index contributed by atoms with van der Waals surface area (Å²) in [4.78, 5) is 3.41. The van der Waals surface area contributed by atoms with Gasteiger partial charge in [0.15, 0.2) is 0 Å². The average molecular weight is 250 g/mol. The molecule has 0 saturated heterocycles. The lowest BCUT2D eigenvalue weighted by Crippen LogP contribution is -2.25. The number of rotatable bonds is 0. The summed E-state index contributed by atoms with van der Waals surface area (Å²) in [7, 11) is 0. The SMILES string of the molecule is CC1(C)Cc2[nH]c3ccc(Cl)cc3c2C(O)C1. The molecular formula is C14H16ClNO. The smallest absolute Gasteiger partial charge is 0.0818 e. The van der Waals surface area contributed by atoms with Crippen LogP contribution in [-0.2, 0) is 6.42 Å². The van der Waals surface area contributed by atoms with E-state index in [9.17, 15) is 5.11 Å². The fourth-order valence-corrected chi connectivity index (χ4v) is 3.11. The first-order valence-electron chi connectivity index (χ1n) is 5.94. The minimum Gasteiger partial charge on any atom is -0.388 e. The van der Waals surface area contributed by atoms with Crippen LogP contribution in [0.15, 0.2) is 18.2 Å². The van der Waals surface area contributed by atoms with Gasteiger partial charge in [0.2, 0.25) is 0 Å². The molecule has 17 heavy (non-hydrogen) atoms. The molecular weight excluding hydrogens is 234 g/mol. The summed E-state index contributed by atoms with van der Waals surface area (Å²) in [6.45, 7) is 4.38. The van der Waals surface area contributed by atoms with Gasteiger partial charge in [-0.15, -0.1) is 0 Å². The molecule has 0 spiro atoms. The van der Waals surface area contributed by atoms with Crippen molar-refractivity contribution < 1.29 is 5.11 Å². The van der Waals surface area contributed by atoms with Crippen molar-refractivity contribution in [2.45, 2.75) is 32.8 Å². The van der Waals surface area contributed by atoms with Crippen LogP contribution in [0.2, 0.25) is 5.02 Å². The molecule has 1 aliphatic carbocycles. The summed E-state index contributed by atoms with van der Waals surface area (Å²) in [5, 5.41) is 12.1. The van der Waals surface area contributed by atoms with Gasteiger partial charge < -0.3 is 10.1 Å². The second-order valence-electron chi connectivity index (χ2n) is 5.77. The Labute approximate surface area is 106 Å². The minimum absolute atomic E-state index is 0.150. The van der Waals surface area contributed by atoms with Crippen molar-refractivity contribution in [1.29, 1.82) is 0 Å². The number of aromatic amines is 1. The third-order valence-electron chi connectivity index (χ3n) is 3.62. The fraction of sp³-hybridized carbons (Fsp3) is 0.429. The van der Waals surface area contributed by atoms with Crippen LogP contribution in [0.1, 0.15) is 37.6 Å². The van der Waals surface area contributed by atoms with Crippen molar-refractivity contribution >= 4 is 22.5 Å². The van der Waals surface area contributed by atoms with E-state index >= 15 is 0 Å². The van der Waals surface area contributed by atoms with Crippen LogP contribution in [0, 0.1) is 5.41 Å². The van der Waals surface area contributed by atoms with Gasteiger partial charge in [-0.2, -0.15) is 0 Å². The highest BCUT2D eigenvalue weighted by molar-refractivity contribution is 6.31. The molecule has 90 valence electrons. The summed E-state index contributed by atoms with van der Waals surface area (Å²) in [6.07, 6.45) is 1.39. The van der Waals surface area contributed by atoms with Gasteiger partial charge in [-0.05, 0) is 36.5 Å². The molecule has 0 radical (unpaired) electrons. The summed E-state index contributed by atoms with van der Waals surface area (Å²) >= 11 is 6.03. The van der Waals surface area contributed by atoms with E-state index in [1.807, 2.05) is 18.2 Å².